The number of esters is 1. The number of hydrogen-bond acceptors (Lipinski definition) is 6. The molecule has 1 aromatic carbocycles. The van der Waals surface area contributed by atoms with Gasteiger partial charge in [0.1, 0.15) is 0 Å². The van der Waals surface area contributed by atoms with Gasteiger partial charge in [-0.25, -0.2) is 14.8 Å². The molecule has 0 saturated heterocycles. The zero-order chi connectivity index (χ0) is 16.7. The van der Waals surface area contributed by atoms with E-state index < -0.39 is 11.7 Å². The maximum Gasteiger partial charge on any atom is 0.369 e. The number of nitrogens with two attached hydrogens (primary N) is 2. The molecule has 1 heterocycles. The van der Waals surface area contributed by atoms with Gasteiger partial charge in [-0.2, -0.15) is 0 Å². The second-order valence-electron chi connectivity index (χ2n) is 4.51. The Bertz CT molecular complexity index is 657. The summed E-state index contributed by atoms with van der Waals surface area (Å²) in [4.78, 5) is 20.7. The van der Waals surface area contributed by atoms with Crippen LogP contribution in [-0.4, -0.2) is 23.5 Å². The van der Waals surface area contributed by atoms with E-state index in [1.54, 1.807) is 18.5 Å². The minimum absolute atomic E-state index is 0.121. The van der Waals surface area contributed by atoms with Gasteiger partial charge in [-0.05, 0) is 12.5 Å². The minimum Gasteiger partial charge on any atom is -0.462 e. The molecule has 0 amide bonds. The zero-order valence-corrected chi connectivity index (χ0v) is 13.5. The van der Waals surface area contributed by atoms with E-state index in [9.17, 15) is 4.79 Å². The molecule has 23 heavy (non-hydrogen) atoms. The first kappa shape index (κ1) is 16.9. The third-order valence-electron chi connectivity index (χ3n) is 2.85. The Hall–Kier alpha value is -2.45. The van der Waals surface area contributed by atoms with Crippen LogP contribution in [0.2, 0.25) is 0 Å². The molecular weight excluding hydrogens is 316 g/mol. The Morgan fingerprint density at radius 2 is 2.09 bits per heavy atom. The van der Waals surface area contributed by atoms with Crippen molar-refractivity contribution in [3.63, 3.8) is 0 Å². The second kappa shape index (κ2) is 7.70. The van der Waals surface area contributed by atoms with Gasteiger partial charge in [-0.15, -0.1) is 11.3 Å². The van der Waals surface area contributed by atoms with Gasteiger partial charge in [-0.1, -0.05) is 30.3 Å². The van der Waals surface area contributed by atoms with Crippen LogP contribution in [0.1, 0.15) is 17.5 Å². The number of hydrogen-bond donors (Lipinski definition) is 2. The Morgan fingerprint density at radius 3 is 2.65 bits per heavy atom. The lowest BCUT2D eigenvalue weighted by atomic mass is 10.2. The molecule has 8 heteroatoms. The lowest BCUT2D eigenvalue weighted by Gasteiger charge is -2.25. The van der Waals surface area contributed by atoms with Crippen LogP contribution in [0.25, 0.3) is 0 Å². The van der Waals surface area contributed by atoms with Crippen molar-refractivity contribution in [2.24, 2.45) is 16.5 Å². The molecule has 122 valence electrons. The Morgan fingerprint density at radius 1 is 1.35 bits per heavy atom. The van der Waals surface area contributed by atoms with Gasteiger partial charge in [0.25, 0.3) is 0 Å². The van der Waals surface area contributed by atoms with Crippen LogP contribution in [0, 0.1) is 0 Å². The van der Waals surface area contributed by atoms with Gasteiger partial charge in [0.05, 0.1) is 13.2 Å². The summed E-state index contributed by atoms with van der Waals surface area (Å²) in [6.45, 7) is 1.98. The SMILES string of the molecule is CCOC(=O)C(N=C(N)N)(OCc1ccccc1)c1nccs1. The third-order valence-corrected chi connectivity index (χ3v) is 3.71. The normalized spacial score (nSPS) is 13.1. The van der Waals surface area contributed by atoms with E-state index in [2.05, 4.69) is 9.98 Å². The lowest BCUT2D eigenvalue weighted by Crippen LogP contribution is -2.42. The lowest BCUT2D eigenvalue weighted by molar-refractivity contribution is -0.175. The van der Waals surface area contributed by atoms with Crippen molar-refractivity contribution in [2.75, 3.05) is 6.61 Å². The van der Waals surface area contributed by atoms with E-state index in [0.717, 1.165) is 5.56 Å². The van der Waals surface area contributed by atoms with E-state index in [-0.39, 0.29) is 19.2 Å². The zero-order valence-electron chi connectivity index (χ0n) is 12.6. The summed E-state index contributed by atoms with van der Waals surface area (Å²) in [5.41, 5.74) is 10.1. The van der Waals surface area contributed by atoms with Gasteiger partial charge < -0.3 is 20.9 Å². The summed E-state index contributed by atoms with van der Waals surface area (Å²) >= 11 is 1.21. The van der Waals surface area contributed by atoms with Crippen LogP contribution in [0.15, 0.2) is 46.9 Å². The molecular formula is C15H18N4O3S. The van der Waals surface area contributed by atoms with Crippen LogP contribution < -0.4 is 11.5 Å². The number of nitrogens with zero attached hydrogens (tertiary/aromatic N) is 2. The molecule has 0 spiro atoms. The highest BCUT2D eigenvalue weighted by Crippen LogP contribution is 2.32. The van der Waals surface area contributed by atoms with Crippen molar-refractivity contribution in [3.05, 3.63) is 52.5 Å². The number of carbonyl (C=O) groups excluding carboxylic acids is 1. The van der Waals surface area contributed by atoms with Crippen molar-refractivity contribution in [3.8, 4) is 0 Å². The highest BCUT2D eigenvalue weighted by Gasteiger charge is 2.46. The first-order chi connectivity index (χ1) is 11.1. The fourth-order valence-electron chi connectivity index (χ4n) is 1.90. The van der Waals surface area contributed by atoms with Crippen LogP contribution in [0.4, 0.5) is 0 Å². The van der Waals surface area contributed by atoms with E-state index in [1.807, 2.05) is 30.3 Å². The Kier molecular flexibility index (Phi) is 5.67. The summed E-state index contributed by atoms with van der Waals surface area (Å²) in [6, 6.07) is 9.36. The minimum atomic E-state index is -1.81. The van der Waals surface area contributed by atoms with Crippen molar-refractivity contribution < 1.29 is 14.3 Å². The van der Waals surface area contributed by atoms with Gasteiger partial charge in [-0.3, -0.25) is 0 Å². The van der Waals surface area contributed by atoms with Crippen LogP contribution >= 0.6 is 11.3 Å². The van der Waals surface area contributed by atoms with Gasteiger partial charge >= 0.3 is 11.7 Å². The number of aromatic nitrogens is 1. The summed E-state index contributed by atoms with van der Waals surface area (Å²) in [5.74, 6) is -0.999. The highest BCUT2D eigenvalue weighted by molar-refractivity contribution is 7.09. The van der Waals surface area contributed by atoms with E-state index in [4.69, 9.17) is 20.9 Å². The average Bonchev–Trinajstić information content (AvgIpc) is 3.07. The molecule has 1 unspecified atom stereocenters. The number of thiazole rings is 1. The third kappa shape index (κ3) is 4.05. The summed E-state index contributed by atoms with van der Waals surface area (Å²) in [7, 11) is 0. The smallest absolute Gasteiger partial charge is 0.369 e. The predicted molar refractivity (Wildman–Crippen MR) is 87.5 cm³/mol. The molecule has 0 aliphatic heterocycles. The monoisotopic (exact) mass is 334 g/mol. The fraction of sp³-hybridized carbons (Fsp3) is 0.267. The van der Waals surface area contributed by atoms with E-state index in [0.29, 0.717) is 5.01 Å². The Labute approximate surface area is 138 Å². The van der Waals surface area contributed by atoms with Gasteiger partial charge in [0.15, 0.2) is 11.0 Å². The standard InChI is InChI=1S/C15H18N4O3S/c1-2-21-13(20)15(19-14(16)17,12-18-8-9-23-12)22-10-11-6-4-3-5-7-11/h3-9H,2,10H2,1H3,(H4,16,17,19). The topological polar surface area (TPSA) is 113 Å². The van der Waals surface area contributed by atoms with Gasteiger partial charge in [0.2, 0.25) is 0 Å². The molecule has 0 radical (unpaired) electrons. The maximum absolute atomic E-state index is 12.5. The van der Waals surface area contributed by atoms with Crippen LogP contribution in [-0.2, 0) is 26.6 Å². The van der Waals surface area contributed by atoms with Crippen molar-refractivity contribution >= 4 is 23.3 Å². The Balaban J connectivity index is 2.39. The van der Waals surface area contributed by atoms with Crippen molar-refractivity contribution in [1.29, 1.82) is 0 Å². The molecule has 1 aromatic heterocycles. The molecule has 0 aliphatic carbocycles. The van der Waals surface area contributed by atoms with Crippen molar-refractivity contribution in [2.45, 2.75) is 19.3 Å². The second-order valence-corrected chi connectivity index (χ2v) is 5.41. The molecule has 1 atom stereocenters. The number of carbonyl (C=O) groups is 1. The molecule has 7 nitrogen and oxygen atoms in total. The first-order valence-corrected chi connectivity index (χ1v) is 7.82. The largest absolute Gasteiger partial charge is 0.462 e. The molecule has 0 bridgehead atoms. The van der Waals surface area contributed by atoms with E-state index in [1.165, 1.54) is 11.3 Å². The fourth-order valence-corrected chi connectivity index (χ4v) is 2.62. The summed E-state index contributed by atoms with van der Waals surface area (Å²) in [6.07, 6.45) is 1.54. The number of benzene rings is 1. The molecule has 0 fully saturated rings. The average molecular weight is 334 g/mol. The first-order valence-electron chi connectivity index (χ1n) is 6.94. The molecule has 0 saturated carbocycles. The quantitative estimate of drug-likeness (QED) is 0.449. The van der Waals surface area contributed by atoms with Crippen molar-refractivity contribution in [1.82, 2.24) is 4.98 Å². The summed E-state index contributed by atoms with van der Waals surface area (Å²) < 4.78 is 10.9. The van der Waals surface area contributed by atoms with Crippen LogP contribution in [0.3, 0.4) is 0 Å². The van der Waals surface area contributed by atoms with E-state index >= 15 is 0 Å². The number of rotatable bonds is 7. The number of aliphatic imine (C=N–C) groups is 1. The maximum atomic E-state index is 12.5. The molecule has 2 rings (SSSR count). The number of ether oxygens (including phenoxy) is 2. The number of guanidine groups is 1. The molecule has 0 aliphatic rings. The molecule has 4 N–H and O–H groups in total. The van der Waals surface area contributed by atoms with Crippen LogP contribution in [0.5, 0.6) is 0 Å². The predicted octanol–water partition coefficient (Wildman–Crippen LogP) is 1.35. The molecule has 2 aromatic rings. The summed E-state index contributed by atoms with van der Waals surface area (Å²) in [5, 5.41) is 2.01. The van der Waals surface area contributed by atoms with Gasteiger partial charge in [0, 0.05) is 11.6 Å². The highest BCUT2D eigenvalue weighted by atomic mass is 32.1.